The van der Waals surface area contributed by atoms with Crippen LogP contribution in [0.1, 0.15) is 52.6 Å². The minimum atomic E-state index is -2.80. The van der Waals surface area contributed by atoms with Gasteiger partial charge >= 0.3 is 0 Å². The van der Waals surface area contributed by atoms with Crippen molar-refractivity contribution in [2.24, 2.45) is 0 Å². The molecule has 2 heterocycles. The van der Waals surface area contributed by atoms with Gasteiger partial charge in [0.15, 0.2) is 11.3 Å². The van der Waals surface area contributed by atoms with E-state index in [0.717, 1.165) is 29.5 Å². The van der Waals surface area contributed by atoms with Crippen LogP contribution >= 0.6 is 0 Å². The molecule has 2 aromatic heterocycles. The molecule has 1 N–H and O–H groups in total. The zero-order chi connectivity index (χ0) is 20.7. The largest absolute Gasteiger partial charge is 0.319 e. The van der Waals surface area contributed by atoms with E-state index in [2.05, 4.69) is 15.4 Å². The van der Waals surface area contributed by atoms with Gasteiger partial charge < -0.3 is 5.32 Å². The molecule has 146 valence electrons. The lowest BCUT2D eigenvalue weighted by Gasteiger charge is -2.06. The molecule has 1 aromatic carbocycles. The Balaban J connectivity index is 1.68. The van der Waals surface area contributed by atoms with E-state index in [1.54, 1.807) is 6.07 Å². The summed E-state index contributed by atoms with van der Waals surface area (Å²) in [5, 5.41) is 26.3. The molecule has 3 aromatic rings. The van der Waals surface area contributed by atoms with E-state index >= 15 is 0 Å². The number of alkyl halides is 2. The number of hydrogen-bond acceptors (Lipinski definition) is 6. The van der Waals surface area contributed by atoms with Gasteiger partial charge in [-0.25, -0.2) is 18.3 Å². The number of fused-ring (bicyclic) bond motifs is 1. The van der Waals surface area contributed by atoms with E-state index in [1.807, 2.05) is 0 Å². The Morgan fingerprint density at radius 3 is 2.72 bits per heavy atom. The summed E-state index contributed by atoms with van der Waals surface area (Å²) in [5.74, 6) is -0.614. The number of halogens is 2. The Labute approximate surface area is 161 Å². The number of carbonyl (C=O) groups excluding carboxylic acids is 1. The van der Waals surface area contributed by atoms with Gasteiger partial charge in [-0.15, -0.1) is 0 Å². The van der Waals surface area contributed by atoms with Crippen molar-refractivity contribution < 1.29 is 18.5 Å². The summed E-state index contributed by atoms with van der Waals surface area (Å²) in [7, 11) is 0. The summed E-state index contributed by atoms with van der Waals surface area (Å²) < 4.78 is 27.8. The van der Waals surface area contributed by atoms with Crippen LogP contribution in [0.5, 0.6) is 0 Å². The number of carbonyl (C=O) groups is 1. The van der Waals surface area contributed by atoms with Crippen molar-refractivity contribution in [3.05, 3.63) is 63.1 Å². The summed E-state index contributed by atoms with van der Waals surface area (Å²) >= 11 is 0. The lowest BCUT2D eigenvalue weighted by atomic mass is 10.1. The fraction of sp³-hybridized carbons (Fsp3) is 0.222. The molecule has 1 amide bonds. The number of aromatic nitrogens is 3. The van der Waals surface area contributed by atoms with Gasteiger partial charge in [-0.2, -0.15) is 10.4 Å². The third kappa shape index (κ3) is 3.47. The number of nitrogens with one attached hydrogen (secondary N) is 1. The average Bonchev–Trinajstić information content (AvgIpc) is 3.45. The number of nitro groups is 1. The summed E-state index contributed by atoms with van der Waals surface area (Å²) in [6.45, 7) is 0. The Morgan fingerprint density at radius 1 is 1.34 bits per heavy atom. The summed E-state index contributed by atoms with van der Waals surface area (Å²) in [5.41, 5.74) is -0.232. The SMILES string of the molecule is N#Cc1cc([N+](=O)[O-])ccc1NC(=O)c1cc2nc(C3CC3)cc(C(F)F)n2n1. The van der Waals surface area contributed by atoms with Gasteiger partial charge in [0, 0.05) is 29.8 Å². The van der Waals surface area contributed by atoms with Crippen molar-refractivity contribution >= 4 is 22.9 Å². The Bertz CT molecular complexity index is 1200. The van der Waals surface area contributed by atoms with E-state index in [0.29, 0.717) is 5.69 Å². The zero-order valence-corrected chi connectivity index (χ0v) is 14.7. The molecule has 1 aliphatic carbocycles. The predicted molar refractivity (Wildman–Crippen MR) is 95.7 cm³/mol. The van der Waals surface area contributed by atoms with Crippen LogP contribution < -0.4 is 5.32 Å². The highest BCUT2D eigenvalue weighted by atomic mass is 19.3. The van der Waals surface area contributed by atoms with Crippen LogP contribution in [0, 0.1) is 21.4 Å². The van der Waals surface area contributed by atoms with Crippen molar-refractivity contribution in [2.75, 3.05) is 5.32 Å². The number of benzene rings is 1. The second-order valence-electron chi connectivity index (χ2n) is 6.53. The highest BCUT2D eigenvalue weighted by molar-refractivity contribution is 6.04. The molecular formula is C18H12F2N6O3. The van der Waals surface area contributed by atoms with E-state index < -0.39 is 17.3 Å². The first kappa shape index (κ1) is 18.4. The van der Waals surface area contributed by atoms with Gasteiger partial charge in [0.05, 0.1) is 16.2 Å². The van der Waals surface area contributed by atoms with Crippen molar-refractivity contribution in [1.29, 1.82) is 5.26 Å². The average molecular weight is 398 g/mol. The number of hydrogen-bond donors (Lipinski definition) is 1. The maximum atomic E-state index is 13.4. The normalized spacial score (nSPS) is 13.4. The summed E-state index contributed by atoms with van der Waals surface area (Å²) in [6.07, 6.45) is -1.04. The molecule has 11 heteroatoms. The number of rotatable bonds is 5. The van der Waals surface area contributed by atoms with E-state index in [9.17, 15) is 29.0 Å². The maximum Gasteiger partial charge on any atom is 0.280 e. The summed E-state index contributed by atoms with van der Waals surface area (Å²) in [6, 6.07) is 7.73. The molecule has 1 aliphatic rings. The summed E-state index contributed by atoms with van der Waals surface area (Å²) in [4.78, 5) is 27.0. The van der Waals surface area contributed by atoms with Crippen molar-refractivity contribution in [3.63, 3.8) is 0 Å². The third-order valence-corrected chi connectivity index (χ3v) is 4.51. The molecule has 4 rings (SSSR count). The van der Waals surface area contributed by atoms with Gasteiger partial charge in [-0.3, -0.25) is 14.9 Å². The van der Waals surface area contributed by atoms with Crippen molar-refractivity contribution in [3.8, 4) is 6.07 Å². The predicted octanol–water partition coefficient (Wildman–Crippen LogP) is 3.58. The maximum absolute atomic E-state index is 13.4. The first-order chi connectivity index (χ1) is 13.9. The topological polar surface area (TPSA) is 126 Å². The van der Waals surface area contributed by atoms with Crippen LogP contribution in [-0.4, -0.2) is 25.4 Å². The van der Waals surface area contributed by atoms with Gasteiger partial charge in [0.2, 0.25) is 0 Å². The molecule has 29 heavy (non-hydrogen) atoms. The molecular weight excluding hydrogens is 386 g/mol. The molecule has 0 bridgehead atoms. The first-order valence-corrected chi connectivity index (χ1v) is 8.56. The van der Waals surface area contributed by atoms with Crippen LogP contribution in [0.2, 0.25) is 0 Å². The minimum Gasteiger partial charge on any atom is -0.319 e. The number of non-ortho nitro benzene ring substituents is 1. The van der Waals surface area contributed by atoms with Crippen LogP contribution in [0.25, 0.3) is 5.65 Å². The highest BCUT2D eigenvalue weighted by Gasteiger charge is 2.28. The number of amides is 1. The highest BCUT2D eigenvalue weighted by Crippen LogP contribution is 2.40. The molecule has 0 unspecified atom stereocenters. The number of nitriles is 1. The standard InChI is InChI=1S/C18H12F2N6O3/c19-17(20)15-6-13(9-1-2-9)22-16-7-14(24-25(15)16)18(27)23-12-4-3-11(26(28)29)5-10(12)8-21/h3-7,9,17H,1-2H2,(H,23,27). The lowest BCUT2D eigenvalue weighted by molar-refractivity contribution is -0.384. The molecule has 0 spiro atoms. The number of nitro benzene ring substituents is 1. The van der Waals surface area contributed by atoms with Crippen LogP contribution in [0.3, 0.4) is 0 Å². The van der Waals surface area contributed by atoms with E-state index in [4.69, 9.17) is 0 Å². The zero-order valence-electron chi connectivity index (χ0n) is 14.7. The van der Waals surface area contributed by atoms with Gasteiger partial charge in [-0.05, 0) is 25.0 Å². The van der Waals surface area contributed by atoms with Gasteiger partial charge in [0.1, 0.15) is 11.8 Å². The fourth-order valence-corrected chi connectivity index (χ4v) is 2.91. The van der Waals surface area contributed by atoms with E-state index in [-0.39, 0.29) is 39.9 Å². The van der Waals surface area contributed by atoms with E-state index in [1.165, 1.54) is 18.2 Å². The first-order valence-electron chi connectivity index (χ1n) is 8.56. The lowest BCUT2D eigenvalue weighted by Crippen LogP contribution is -2.14. The molecule has 1 fully saturated rings. The minimum absolute atomic E-state index is 0.0425. The van der Waals surface area contributed by atoms with Crippen LogP contribution in [-0.2, 0) is 0 Å². The Hall–Kier alpha value is -3.94. The van der Waals surface area contributed by atoms with Crippen molar-refractivity contribution in [1.82, 2.24) is 14.6 Å². The molecule has 0 atom stereocenters. The van der Waals surface area contributed by atoms with Crippen molar-refractivity contribution in [2.45, 2.75) is 25.2 Å². The third-order valence-electron chi connectivity index (χ3n) is 4.51. The quantitative estimate of drug-likeness (QED) is 0.517. The van der Waals surface area contributed by atoms with Gasteiger partial charge in [-0.1, -0.05) is 0 Å². The van der Waals surface area contributed by atoms with Gasteiger partial charge in [0.25, 0.3) is 18.0 Å². The second kappa shape index (κ2) is 6.90. The molecule has 0 radical (unpaired) electrons. The fourth-order valence-electron chi connectivity index (χ4n) is 2.91. The van der Waals surface area contributed by atoms with Crippen LogP contribution in [0.15, 0.2) is 30.3 Å². The molecule has 1 saturated carbocycles. The number of anilines is 1. The monoisotopic (exact) mass is 398 g/mol. The smallest absolute Gasteiger partial charge is 0.280 e. The second-order valence-corrected chi connectivity index (χ2v) is 6.53. The molecule has 0 aliphatic heterocycles. The Morgan fingerprint density at radius 2 is 2.10 bits per heavy atom. The Kier molecular flexibility index (Phi) is 4.38. The number of nitrogens with zero attached hydrogens (tertiary/aromatic N) is 5. The van der Waals surface area contributed by atoms with Crippen LogP contribution in [0.4, 0.5) is 20.2 Å². The molecule has 9 nitrogen and oxygen atoms in total. The molecule has 0 saturated heterocycles.